The number of alkyl halides is 3. The molecule has 0 amide bonds. The van der Waals surface area contributed by atoms with E-state index >= 15 is 0 Å². The molecule has 0 radical (unpaired) electrons. The number of halogens is 3. The molecule has 2 unspecified atom stereocenters. The van der Waals surface area contributed by atoms with Crippen molar-refractivity contribution < 1.29 is 17.9 Å². The molecule has 8 heteroatoms. The molecule has 0 bridgehead atoms. The Balaban J connectivity index is 2.24. The summed E-state index contributed by atoms with van der Waals surface area (Å²) in [5, 5.41) is 3.25. The van der Waals surface area contributed by atoms with Crippen LogP contribution in [0.2, 0.25) is 0 Å². The largest absolute Gasteiger partial charge is 0.451 e. The molecular formula is C12H16F3N3OS. The van der Waals surface area contributed by atoms with E-state index in [9.17, 15) is 13.2 Å². The summed E-state index contributed by atoms with van der Waals surface area (Å²) in [6.07, 6.45) is -3.71. The van der Waals surface area contributed by atoms with Crippen molar-refractivity contribution in [3.8, 4) is 0 Å². The third kappa shape index (κ3) is 3.76. The number of nitrogens with one attached hydrogen (secondary N) is 1. The topological polar surface area (TPSA) is 47.0 Å². The first-order chi connectivity index (χ1) is 9.40. The van der Waals surface area contributed by atoms with Gasteiger partial charge in [-0.15, -0.1) is 11.8 Å². The summed E-state index contributed by atoms with van der Waals surface area (Å²) < 4.78 is 43.8. The van der Waals surface area contributed by atoms with Crippen LogP contribution in [-0.2, 0) is 10.9 Å². The first kappa shape index (κ1) is 15.4. The summed E-state index contributed by atoms with van der Waals surface area (Å²) in [6.45, 7) is 4.86. The Hall–Kier alpha value is -1.02. The van der Waals surface area contributed by atoms with Crippen LogP contribution in [0.3, 0.4) is 0 Å². The van der Waals surface area contributed by atoms with Crippen LogP contribution in [0.5, 0.6) is 0 Å². The lowest BCUT2D eigenvalue weighted by Gasteiger charge is -2.15. The summed E-state index contributed by atoms with van der Waals surface area (Å²) in [4.78, 5) is 7.11. The van der Waals surface area contributed by atoms with Crippen molar-refractivity contribution in [3.63, 3.8) is 0 Å². The maximum absolute atomic E-state index is 12.8. The maximum atomic E-state index is 12.8. The van der Waals surface area contributed by atoms with E-state index in [0.717, 1.165) is 6.42 Å². The Bertz CT molecular complexity index is 470. The average Bonchev–Trinajstić information content (AvgIpc) is 2.74. The number of anilines is 1. The van der Waals surface area contributed by atoms with E-state index in [2.05, 4.69) is 15.3 Å². The Morgan fingerprint density at radius 1 is 1.45 bits per heavy atom. The molecule has 1 N–H and O–H groups in total. The summed E-state index contributed by atoms with van der Waals surface area (Å²) in [6, 6.07) is 1.55. The second kappa shape index (κ2) is 6.17. The van der Waals surface area contributed by atoms with E-state index in [-0.39, 0.29) is 17.2 Å². The molecule has 2 rings (SSSR count). The molecule has 4 nitrogen and oxygen atoms in total. The van der Waals surface area contributed by atoms with Crippen molar-refractivity contribution >= 4 is 17.6 Å². The Kier molecular flexibility index (Phi) is 4.74. The Morgan fingerprint density at radius 3 is 2.75 bits per heavy atom. The van der Waals surface area contributed by atoms with Crippen LogP contribution in [0.15, 0.2) is 11.1 Å². The third-order valence-electron chi connectivity index (χ3n) is 2.89. The quantitative estimate of drug-likeness (QED) is 0.866. The number of aromatic nitrogens is 2. The zero-order valence-electron chi connectivity index (χ0n) is 11.2. The van der Waals surface area contributed by atoms with Gasteiger partial charge in [-0.2, -0.15) is 13.2 Å². The van der Waals surface area contributed by atoms with E-state index in [0.29, 0.717) is 18.2 Å². The highest BCUT2D eigenvalue weighted by Crippen LogP contribution is 2.34. The molecule has 112 valence electrons. The minimum atomic E-state index is -4.54. The SMILES string of the molecule is CCNc1cc(SC2CCOC2C)nc(C(F)(F)F)n1. The van der Waals surface area contributed by atoms with E-state index in [1.165, 1.54) is 11.8 Å². The van der Waals surface area contributed by atoms with E-state index in [1.807, 2.05) is 6.92 Å². The highest BCUT2D eigenvalue weighted by molar-refractivity contribution is 7.99. The summed E-state index contributed by atoms with van der Waals surface area (Å²) in [5.74, 6) is -0.908. The standard InChI is InChI=1S/C12H16F3N3OS/c1-3-16-9-6-10(18-11(17-9)12(13,14)15)20-8-4-5-19-7(8)2/h6-8H,3-5H2,1-2H3,(H,16,17,18). The molecule has 0 aromatic carbocycles. The lowest BCUT2D eigenvalue weighted by molar-refractivity contribution is -0.145. The van der Waals surface area contributed by atoms with E-state index in [1.54, 1.807) is 13.0 Å². The molecule has 1 aromatic rings. The first-order valence-electron chi connectivity index (χ1n) is 6.38. The Labute approximate surface area is 119 Å². The second-order valence-corrected chi connectivity index (χ2v) is 5.72. The van der Waals surface area contributed by atoms with Crippen LogP contribution < -0.4 is 5.32 Å². The van der Waals surface area contributed by atoms with Crippen LogP contribution >= 0.6 is 11.8 Å². The molecule has 1 saturated heterocycles. The van der Waals surface area contributed by atoms with Crippen molar-refractivity contribution in [2.24, 2.45) is 0 Å². The summed E-state index contributed by atoms with van der Waals surface area (Å²) >= 11 is 1.31. The van der Waals surface area contributed by atoms with E-state index < -0.39 is 12.0 Å². The van der Waals surface area contributed by atoms with Gasteiger partial charge in [-0.05, 0) is 20.3 Å². The van der Waals surface area contributed by atoms with Gasteiger partial charge < -0.3 is 10.1 Å². The lowest BCUT2D eigenvalue weighted by atomic mass is 10.3. The summed E-state index contributed by atoms with van der Waals surface area (Å²) in [7, 11) is 0. The summed E-state index contributed by atoms with van der Waals surface area (Å²) in [5.41, 5.74) is 0. The fourth-order valence-corrected chi connectivity index (χ4v) is 3.02. The minimum absolute atomic E-state index is 0.0203. The second-order valence-electron chi connectivity index (χ2n) is 4.46. The highest BCUT2D eigenvalue weighted by Gasteiger charge is 2.36. The fraction of sp³-hybridized carbons (Fsp3) is 0.667. The van der Waals surface area contributed by atoms with Crippen LogP contribution in [0.4, 0.5) is 19.0 Å². The van der Waals surface area contributed by atoms with Crippen molar-refractivity contribution in [3.05, 3.63) is 11.9 Å². The molecule has 2 heterocycles. The molecule has 1 aromatic heterocycles. The molecule has 0 aliphatic carbocycles. The zero-order valence-corrected chi connectivity index (χ0v) is 12.0. The van der Waals surface area contributed by atoms with Crippen molar-refractivity contribution in [2.75, 3.05) is 18.5 Å². The van der Waals surface area contributed by atoms with Crippen molar-refractivity contribution in [2.45, 2.75) is 42.8 Å². The molecule has 1 aliphatic rings. The van der Waals surface area contributed by atoms with Gasteiger partial charge >= 0.3 is 6.18 Å². The van der Waals surface area contributed by atoms with Gasteiger partial charge in [0.2, 0.25) is 5.82 Å². The van der Waals surface area contributed by atoms with E-state index in [4.69, 9.17) is 4.74 Å². The highest BCUT2D eigenvalue weighted by atomic mass is 32.2. The van der Waals surface area contributed by atoms with Crippen LogP contribution in [0.1, 0.15) is 26.1 Å². The lowest BCUT2D eigenvalue weighted by Crippen LogP contribution is -2.16. The van der Waals surface area contributed by atoms with Gasteiger partial charge in [-0.25, -0.2) is 9.97 Å². The molecule has 20 heavy (non-hydrogen) atoms. The molecule has 1 aliphatic heterocycles. The third-order valence-corrected chi connectivity index (χ3v) is 4.27. The van der Waals surface area contributed by atoms with Crippen molar-refractivity contribution in [1.29, 1.82) is 0 Å². The van der Waals surface area contributed by atoms with Gasteiger partial charge in [-0.3, -0.25) is 0 Å². The monoisotopic (exact) mass is 307 g/mol. The molecular weight excluding hydrogens is 291 g/mol. The number of ether oxygens (including phenoxy) is 1. The first-order valence-corrected chi connectivity index (χ1v) is 7.26. The Morgan fingerprint density at radius 2 is 2.20 bits per heavy atom. The number of hydrogen-bond donors (Lipinski definition) is 1. The van der Waals surface area contributed by atoms with Crippen molar-refractivity contribution in [1.82, 2.24) is 9.97 Å². The predicted octanol–water partition coefficient (Wildman–Crippen LogP) is 3.20. The number of rotatable bonds is 4. The fourth-order valence-electron chi connectivity index (χ4n) is 1.91. The van der Waals surface area contributed by atoms with Gasteiger partial charge in [-0.1, -0.05) is 0 Å². The van der Waals surface area contributed by atoms with Crippen LogP contribution in [-0.4, -0.2) is 34.5 Å². The van der Waals surface area contributed by atoms with Gasteiger partial charge in [0.05, 0.1) is 6.10 Å². The molecule has 2 atom stereocenters. The molecule has 1 fully saturated rings. The van der Waals surface area contributed by atoms with Gasteiger partial charge in [0.15, 0.2) is 0 Å². The normalized spacial score (nSPS) is 23.1. The zero-order chi connectivity index (χ0) is 14.8. The average molecular weight is 307 g/mol. The van der Waals surface area contributed by atoms with Crippen LogP contribution in [0, 0.1) is 0 Å². The maximum Gasteiger partial charge on any atom is 0.451 e. The minimum Gasteiger partial charge on any atom is -0.377 e. The smallest absolute Gasteiger partial charge is 0.377 e. The molecule has 0 saturated carbocycles. The number of nitrogens with zero attached hydrogens (tertiary/aromatic N) is 2. The van der Waals surface area contributed by atoms with Gasteiger partial charge in [0.25, 0.3) is 0 Å². The van der Waals surface area contributed by atoms with Crippen LogP contribution in [0.25, 0.3) is 0 Å². The predicted molar refractivity (Wildman–Crippen MR) is 70.9 cm³/mol. The molecule has 0 spiro atoms. The van der Waals surface area contributed by atoms with Gasteiger partial charge in [0, 0.05) is 24.5 Å². The number of thioether (sulfide) groups is 1. The number of hydrogen-bond acceptors (Lipinski definition) is 5. The van der Waals surface area contributed by atoms with Gasteiger partial charge in [0.1, 0.15) is 10.8 Å².